The lowest BCUT2D eigenvalue weighted by Crippen LogP contribution is -2.29. The van der Waals surface area contributed by atoms with Crippen molar-refractivity contribution in [2.75, 3.05) is 6.67 Å². The maximum atomic E-state index is 4.19. The van der Waals surface area contributed by atoms with Crippen LogP contribution in [0.2, 0.25) is 0 Å². The molecule has 2 aliphatic rings. The highest BCUT2D eigenvalue weighted by Gasteiger charge is 2.19. The second-order valence-electron chi connectivity index (χ2n) is 2.63. The van der Waals surface area contributed by atoms with Crippen molar-refractivity contribution in [3.63, 3.8) is 0 Å². The largest absolute Gasteiger partial charge is 0.344 e. The zero-order valence-corrected chi connectivity index (χ0v) is 7.99. The highest BCUT2D eigenvalue weighted by molar-refractivity contribution is 5.70. The van der Waals surface area contributed by atoms with Crippen LogP contribution in [0.25, 0.3) is 0 Å². The topological polar surface area (TPSA) is 15.6 Å². The van der Waals surface area contributed by atoms with Gasteiger partial charge in [-0.1, -0.05) is 26.0 Å². The van der Waals surface area contributed by atoms with Crippen LogP contribution in [0.3, 0.4) is 0 Å². The highest BCUT2D eigenvalue weighted by atomic mass is 15.3. The lowest BCUT2D eigenvalue weighted by Gasteiger charge is -2.25. The van der Waals surface area contributed by atoms with E-state index < -0.39 is 0 Å². The van der Waals surface area contributed by atoms with E-state index in [2.05, 4.69) is 35.0 Å². The first kappa shape index (κ1) is 9.04. The monoisotopic (exact) mass is 164 g/mol. The van der Waals surface area contributed by atoms with Gasteiger partial charge in [-0.05, 0) is 13.0 Å². The third kappa shape index (κ3) is 1.58. The fourth-order valence-electron chi connectivity index (χ4n) is 1.32. The lowest BCUT2D eigenvalue weighted by molar-refractivity contribution is 0.378. The molecule has 2 heterocycles. The first-order chi connectivity index (χ1) is 5.88. The standard InChI is InChI=1S/C8H10N2.C2H6/c1-7-3-2-4-8-5-9-6-10(7)8;1-2/h2-5,8H,6H2,1H3;1-2H3. The molecule has 0 bridgehead atoms. The summed E-state index contributed by atoms with van der Waals surface area (Å²) in [4.78, 5) is 6.45. The van der Waals surface area contributed by atoms with Gasteiger partial charge in [-0.15, -0.1) is 0 Å². The number of hydrogen-bond acceptors (Lipinski definition) is 2. The molecule has 0 saturated carbocycles. The van der Waals surface area contributed by atoms with Gasteiger partial charge < -0.3 is 4.90 Å². The maximum absolute atomic E-state index is 4.19. The Labute approximate surface area is 74.3 Å². The molecular formula is C10H16N2. The van der Waals surface area contributed by atoms with Crippen molar-refractivity contribution in [1.29, 1.82) is 0 Å². The quantitative estimate of drug-likeness (QED) is 0.536. The molecule has 0 aromatic carbocycles. The van der Waals surface area contributed by atoms with E-state index >= 15 is 0 Å². The number of allylic oxidation sites excluding steroid dienone is 3. The van der Waals surface area contributed by atoms with Crippen LogP contribution in [0.15, 0.2) is 28.9 Å². The van der Waals surface area contributed by atoms with E-state index in [4.69, 9.17) is 0 Å². The van der Waals surface area contributed by atoms with Crippen LogP contribution in [0.1, 0.15) is 20.8 Å². The van der Waals surface area contributed by atoms with Crippen molar-refractivity contribution in [1.82, 2.24) is 4.90 Å². The molecule has 1 atom stereocenters. The molecule has 0 aliphatic carbocycles. The fourth-order valence-corrected chi connectivity index (χ4v) is 1.32. The predicted molar refractivity (Wildman–Crippen MR) is 53.2 cm³/mol. The van der Waals surface area contributed by atoms with Crippen LogP contribution < -0.4 is 0 Å². The Bertz CT molecular complexity index is 226. The van der Waals surface area contributed by atoms with Crippen LogP contribution in [-0.4, -0.2) is 23.8 Å². The van der Waals surface area contributed by atoms with E-state index in [0.717, 1.165) is 6.67 Å². The Hall–Kier alpha value is -1.05. The summed E-state index contributed by atoms with van der Waals surface area (Å²) in [5.41, 5.74) is 1.31. The SMILES string of the molecule is CC.CC1=CC=CC2C=NCN12. The summed E-state index contributed by atoms with van der Waals surface area (Å²) in [6, 6.07) is 0.435. The zero-order chi connectivity index (χ0) is 8.97. The Morgan fingerprint density at radius 3 is 2.92 bits per heavy atom. The normalized spacial score (nSPS) is 24.4. The second-order valence-corrected chi connectivity index (χ2v) is 2.63. The molecule has 2 heteroatoms. The van der Waals surface area contributed by atoms with Crippen molar-refractivity contribution in [2.45, 2.75) is 26.8 Å². The van der Waals surface area contributed by atoms with Gasteiger partial charge >= 0.3 is 0 Å². The third-order valence-corrected chi connectivity index (χ3v) is 1.95. The van der Waals surface area contributed by atoms with E-state index in [9.17, 15) is 0 Å². The first-order valence-corrected chi connectivity index (χ1v) is 4.49. The van der Waals surface area contributed by atoms with Gasteiger partial charge in [0, 0.05) is 11.9 Å². The smallest absolute Gasteiger partial charge is 0.110 e. The number of rotatable bonds is 0. The maximum Gasteiger partial charge on any atom is 0.110 e. The van der Waals surface area contributed by atoms with Crippen molar-refractivity contribution in [2.24, 2.45) is 4.99 Å². The summed E-state index contributed by atoms with van der Waals surface area (Å²) >= 11 is 0. The predicted octanol–water partition coefficient (Wildman–Crippen LogP) is 2.20. The molecule has 0 radical (unpaired) electrons. The van der Waals surface area contributed by atoms with Gasteiger partial charge in [-0.3, -0.25) is 4.99 Å². The van der Waals surface area contributed by atoms with E-state index in [0.29, 0.717) is 6.04 Å². The van der Waals surface area contributed by atoms with Gasteiger partial charge in [0.25, 0.3) is 0 Å². The Morgan fingerprint density at radius 1 is 1.50 bits per heavy atom. The molecular weight excluding hydrogens is 148 g/mol. The molecule has 2 rings (SSSR count). The molecule has 0 aromatic rings. The molecule has 0 aromatic heterocycles. The molecule has 2 aliphatic heterocycles. The van der Waals surface area contributed by atoms with Crippen LogP contribution in [-0.2, 0) is 0 Å². The fraction of sp³-hybridized carbons (Fsp3) is 0.500. The lowest BCUT2D eigenvalue weighted by atomic mass is 10.2. The van der Waals surface area contributed by atoms with E-state index in [-0.39, 0.29) is 0 Å². The minimum absolute atomic E-state index is 0.435. The van der Waals surface area contributed by atoms with Gasteiger partial charge in [0.1, 0.15) is 6.67 Å². The average Bonchev–Trinajstić information content (AvgIpc) is 2.57. The van der Waals surface area contributed by atoms with Crippen LogP contribution in [0.5, 0.6) is 0 Å². The number of hydrogen-bond donors (Lipinski definition) is 0. The molecule has 1 unspecified atom stereocenters. The average molecular weight is 164 g/mol. The van der Waals surface area contributed by atoms with Crippen LogP contribution in [0.4, 0.5) is 0 Å². The summed E-state index contributed by atoms with van der Waals surface area (Å²) in [6.07, 6.45) is 8.36. The molecule has 0 fully saturated rings. The summed E-state index contributed by atoms with van der Waals surface area (Å²) in [5, 5.41) is 0. The number of nitrogens with zero attached hydrogens (tertiary/aromatic N) is 2. The molecule has 2 nitrogen and oxygen atoms in total. The van der Waals surface area contributed by atoms with Crippen molar-refractivity contribution >= 4 is 6.21 Å². The van der Waals surface area contributed by atoms with E-state index in [1.165, 1.54) is 5.70 Å². The first-order valence-electron chi connectivity index (χ1n) is 4.49. The van der Waals surface area contributed by atoms with Gasteiger partial charge in [0.05, 0.1) is 6.04 Å². The van der Waals surface area contributed by atoms with Gasteiger partial charge in [0.2, 0.25) is 0 Å². The van der Waals surface area contributed by atoms with Crippen molar-refractivity contribution in [3.8, 4) is 0 Å². The van der Waals surface area contributed by atoms with Crippen molar-refractivity contribution < 1.29 is 0 Å². The Balaban J connectivity index is 0.000000336. The number of aliphatic imine (C=N–C) groups is 1. The molecule has 66 valence electrons. The summed E-state index contributed by atoms with van der Waals surface area (Å²) < 4.78 is 0. The minimum Gasteiger partial charge on any atom is -0.344 e. The minimum atomic E-state index is 0.435. The molecule has 0 amide bonds. The van der Waals surface area contributed by atoms with Gasteiger partial charge in [0.15, 0.2) is 0 Å². The molecule has 0 saturated heterocycles. The summed E-state index contributed by atoms with van der Waals surface area (Å²) in [5.74, 6) is 0. The van der Waals surface area contributed by atoms with Crippen LogP contribution in [0, 0.1) is 0 Å². The summed E-state index contributed by atoms with van der Waals surface area (Å²) in [7, 11) is 0. The number of fused-ring (bicyclic) bond motifs is 1. The highest BCUT2D eigenvalue weighted by Crippen LogP contribution is 2.17. The Morgan fingerprint density at radius 2 is 2.25 bits per heavy atom. The zero-order valence-electron chi connectivity index (χ0n) is 7.99. The third-order valence-electron chi connectivity index (χ3n) is 1.95. The Kier molecular flexibility index (Phi) is 3.09. The van der Waals surface area contributed by atoms with Crippen molar-refractivity contribution in [3.05, 3.63) is 23.9 Å². The molecule has 12 heavy (non-hydrogen) atoms. The van der Waals surface area contributed by atoms with E-state index in [1.807, 2.05) is 20.1 Å². The van der Waals surface area contributed by atoms with E-state index in [1.54, 1.807) is 0 Å². The molecule has 0 N–H and O–H groups in total. The van der Waals surface area contributed by atoms with Gasteiger partial charge in [-0.2, -0.15) is 0 Å². The second kappa shape index (κ2) is 4.10. The molecule has 0 spiro atoms. The van der Waals surface area contributed by atoms with Gasteiger partial charge in [-0.25, -0.2) is 0 Å². The summed E-state index contributed by atoms with van der Waals surface area (Å²) in [6.45, 7) is 6.95. The van der Waals surface area contributed by atoms with Crippen LogP contribution >= 0.6 is 0 Å².